The molecular formula is C17H16ClFN2O3S. The molecule has 2 aromatic rings. The first-order valence-corrected chi connectivity index (χ1v) is 9.65. The van der Waals surface area contributed by atoms with Gasteiger partial charge in [-0.15, -0.1) is 0 Å². The minimum absolute atomic E-state index is 0.0231. The van der Waals surface area contributed by atoms with Crippen LogP contribution in [0.15, 0.2) is 36.4 Å². The maximum absolute atomic E-state index is 13.8. The molecule has 0 atom stereocenters. The summed E-state index contributed by atoms with van der Waals surface area (Å²) in [4.78, 5) is 12.3. The number of hydrogen-bond acceptors (Lipinski definition) is 3. The second kappa shape index (κ2) is 6.65. The molecule has 5 nitrogen and oxygen atoms in total. The van der Waals surface area contributed by atoms with Crippen LogP contribution in [0.4, 0.5) is 15.8 Å². The maximum atomic E-state index is 13.8. The molecule has 1 aliphatic heterocycles. The smallest absolute Gasteiger partial charge is 0.260 e. The summed E-state index contributed by atoms with van der Waals surface area (Å²) < 4.78 is 39.2. The molecule has 0 radical (unpaired) electrons. The molecule has 1 aliphatic rings. The van der Waals surface area contributed by atoms with Crippen molar-refractivity contribution in [2.45, 2.75) is 13.3 Å². The predicted octanol–water partition coefficient (Wildman–Crippen LogP) is 3.58. The fraction of sp³-hybridized carbons (Fsp3) is 0.235. The van der Waals surface area contributed by atoms with Gasteiger partial charge < -0.3 is 5.32 Å². The Bertz CT molecular complexity index is 927. The number of halogens is 2. The molecule has 0 aliphatic carbocycles. The third-order valence-electron chi connectivity index (χ3n) is 4.04. The summed E-state index contributed by atoms with van der Waals surface area (Å²) in [5.41, 5.74) is 1.46. The van der Waals surface area contributed by atoms with Crippen molar-refractivity contribution in [1.82, 2.24) is 0 Å². The average molecular weight is 383 g/mol. The Morgan fingerprint density at radius 3 is 2.64 bits per heavy atom. The molecule has 25 heavy (non-hydrogen) atoms. The Hall–Kier alpha value is -2.12. The topological polar surface area (TPSA) is 66.5 Å². The van der Waals surface area contributed by atoms with Crippen LogP contribution in [-0.4, -0.2) is 26.6 Å². The van der Waals surface area contributed by atoms with E-state index < -0.39 is 21.7 Å². The lowest BCUT2D eigenvalue weighted by Crippen LogP contribution is -2.25. The van der Waals surface area contributed by atoms with Gasteiger partial charge in [0.05, 0.1) is 22.0 Å². The molecule has 132 valence electrons. The van der Waals surface area contributed by atoms with E-state index in [0.29, 0.717) is 29.9 Å². The quantitative estimate of drug-likeness (QED) is 0.882. The Morgan fingerprint density at radius 2 is 2.04 bits per heavy atom. The van der Waals surface area contributed by atoms with Crippen molar-refractivity contribution < 1.29 is 17.6 Å². The van der Waals surface area contributed by atoms with Crippen molar-refractivity contribution in [2.24, 2.45) is 0 Å². The minimum atomic E-state index is -3.27. The fourth-order valence-corrected chi connectivity index (χ4v) is 4.58. The second-order valence-corrected chi connectivity index (χ2v) is 8.21. The first-order valence-electron chi connectivity index (χ1n) is 7.66. The van der Waals surface area contributed by atoms with Crippen LogP contribution in [0.1, 0.15) is 22.3 Å². The Balaban J connectivity index is 1.86. The van der Waals surface area contributed by atoms with Gasteiger partial charge in [-0.3, -0.25) is 9.10 Å². The fourth-order valence-electron chi connectivity index (χ4n) is 2.77. The maximum Gasteiger partial charge on any atom is 0.260 e. The van der Waals surface area contributed by atoms with Gasteiger partial charge >= 0.3 is 0 Å². The minimum Gasteiger partial charge on any atom is -0.322 e. The largest absolute Gasteiger partial charge is 0.322 e. The van der Waals surface area contributed by atoms with Crippen molar-refractivity contribution in [1.29, 1.82) is 0 Å². The van der Waals surface area contributed by atoms with Gasteiger partial charge in [0.15, 0.2) is 0 Å². The Morgan fingerprint density at radius 1 is 1.28 bits per heavy atom. The summed E-state index contributed by atoms with van der Waals surface area (Å²) in [5.74, 6) is -1.23. The number of nitrogens with one attached hydrogen (secondary N) is 1. The summed E-state index contributed by atoms with van der Waals surface area (Å²) in [6, 6.07) is 8.93. The van der Waals surface area contributed by atoms with Gasteiger partial charge in [-0.25, -0.2) is 12.8 Å². The lowest BCUT2D eigenvalue weighted by atomic mass is 10.1. The normalized spacial score (nSPS) is 16.0. The van der Waals surface area contributed by atoms with E-state index in [9.17, 15) is 17.6 Å². The molecule has 1 amide bonds. The molecule has 0 saturated carbocycles. The Kier molecular flexibility index (Phi) is 4.71. The van der Waals surface area contributed by atoms with Gasteiger partial charge in [0.1, 0.15) is 5.82 Å². The predicted molar refractivity (Wildman–Crippen MR) is 96.3 cm³/mol. The highest BCUT2D eigenvalue weighted by Gasteiger charge is 2.28. The summed E-state index contributed by atoms with van der Waals surface area (Å²) >= 11 is 5.90. The van der Waals surface area contributed by atoms with E-state index in [1.807, 2.05) is 0 Å². The van der Waals surface area contributed by atoms with E-state index in [1.54, 1.807) is 25.1 Å². The number of amides is 1. The molecule has 1 fully saturated rings. The van der Waals surface area contributed by atoms with E-state index in [0.717, 1.165) is 6.07 Å². The van der Waals surface area contributed by atoms with E-state index in [1.165, 1.54) is 16.4 Å². The van der Waals surface area contributed by atoms with Crippen molar-refractivity contribution >= 4 is 38.9 Å². The van der Waals surface area contributed by atoms with E-state index >= 15 is 0 Å². The molecule has 0 spiro atoms. The van der Waals surface area contributed by atoms with Crippen molar-refractivity contribution in [3.63, 3.8) is 0 Å². The average Bonchev–Trinajstić information content (AvgIpc) is 2.88. The van der Waals surface area contributed by atoms with Gasteiger partial charge in [0.25, 0.3) is 5.91 Å². The van der Waals surface area contributed by atoms with Crippen molar-refractivity contribution in [3.05, 3.63) is 58.4 Å². The van der Waals surface area contributed by atoms with Gasteiger partial charge in [0.2, 0.25) is 10.0 Å². The van der Waals surface area contributed by atoms with E-state index in [2.05, 4.69) is 5.32 Å². The van der Waals surface area contributed by atoms with Crippen LogP contribution < -0.4 is 9.62 Å². The number of rotatable bonds is 3. The molecule has 2 aromatic carbocycles. The van der Waals surface area contributed by atoms with E-state index in [4.69, 9.17) is 11.6 Å². The lowest BCUT2D eigenvalue weighted by molar-refractivity contribution is 0.102. The summed E-state index contributed by atoms with van der Waals surface area (Å²) in [6.45, 7) is 2.18. The molecular weight excluding hydrogens is 367 g/mol. The number of sulfonamides is 1. The first kappa shape index (κ1) is 17.7. The molecule has 0 bridgehead atoms. The highest BCUT2D eigenvalue weighted by atomic mass is 35.5. The second-order valence-electron chi connectivity index (χ2n) is 5.79. The number of aryl methyl sites for hydroxylation is 1. The number of carbonyl (C=O) groups is 1. The van der Waals surface area contributed by atoms with Crippen LogP contribution in [0.25, 0.3) is 0 Å². The standard InChI is InChI=1S/C17H16ClFN2O3S/c1-11-10-12(21-8-3-9-25(21,23)24)6-7-15(11)20-17(22)16-13(18)4-2-5-14(16)19/h2,4-7,10H,3,8-9H2,1H3,(H,20,22). The summed E-state index contributed by atoms with van der Waals surface area (Å²) in [6.07, 6.45) is 0.589. The Labute approximate surface area is 150 Å². The highest BCUT2D eigenvalue weighted by Crippen LogP contribution is 2.29. The van der Waals surface area contributed by atoms with Crippen LogP contribution in [0, 0.1) is 12.7 Å². The zero-order valence-corrected chi connectivity index (χ0v) is 15.0. The molecule has 3 rings (SSSR count). The van der Waals surface area contributed by atoms with Crippen LogP contribution in [-0.2, 0) is 10.0 Å². The van der Waals surface area contributed by atoms with Crippen molar-refractivity contribution in [3.8, 4) is 0 Å². The number of benzene rings is 2. The molecule has 0 unspecified atom stereocenters. The zero-order valence-electron chi connectivity index (χ0n) is 13.4. The molecule has 1 heterocycles. The molecule has 1 saturated heterocycles. The van der Waals surface area contributed by atoms with Crippen molar-refractivity contribution in [2.75, 3.05) is 21.9 Å². The number of carbonyl (C=O) groups excluding carboxylic acids is 1. The molecule has 0 aromatic heterocycles. The highest BCUT2D eigenvalue weighted by molar-refractivity contribution is 7.93. The molecule has 8 heteroatoms. The van der Waals surface area contributed by atoms with Crippen LogP contribution in [0.3, 0.4) is 0 Å². The van der Waals surface area contributed by atoms with Crippen LogP contribution in [0.2, 0.25) is 5.02 Å². The number of anilines is 2. The molecule has 1 N–H and O–H groups in total. The van der Waals surface area contributed by atoms with E-state index in [-0.39, 0.29) is 16.3 Å². The van der Waals surface area contributed by atoms with Gasteiger partial charge in [-0.2, -0.15) is 0 Å². The van der Waals surface area contributed by atoms with Gasteiger partial charge in [0, 0.05) is 12.2 Å². The summed E-state index contributed by atoms with van der Waals surface area (Å²) in [5, 5.41) is 2.64. The zero-order chi connectivity index (χ0) is 18.2. The number of hydrogen-bond donors (Lipinski definition) is 1. The SMILES string of the molecule is Cc1cc(N2CCCS2(=O)=O)ccc1NC(=O)c1c(F)cccc1Cl. The van der Waals surface area contributed by atoms with Gasteiger partial charge in [-0.05, 0) is 49.2 Å². The van der Waals surface area contributed by atoms with Crippen LogP contribution >= 0.6 is 11.6 Å². The monoisotopic (exact) mass is 382 g/mol. The first-order chi connectivity index (χ1) is 11.8. The number of nitrogens with zero attached hydrogens (tertiary/aromatic N) is 1. The lowest BCUT2D eigenvalue weighted by Gasteiger charge is -2.19. The summed E-state index contributed by atoms with van der Waals surface area (Å²) in [7, 11) is -3.27. The third-order valence-corrected chi connectivity index (χ3v) is 6.22. The third kappa shape index (κ3) is 3.48. The van der Waals surface area contributed by atoms with Gasteiger partial charge in [-0.1, -0.05) is 17.7 Å². The van der Waals surface area contributed by atoms with Crippen LogP contribution in [0.5, 0.6) is 0 Å².